The van der Waals surface area contributed by atoms with Crippen LogP contribution < -0.4 is 10.2 Å². The van der Waals surface area contributed by atoms with Gasteiger partial charge in [-0.1, -0.05) is 11.6 Å². The highest BCUT2D eigenvalue weighted by Gasteiger charge is 2.49. The maximum atomic E-state index is 13.7. The van der Waals surface area contributed by atoms with Crippen molar-refractivity contribution in [1.82, 2.24) is 34.5 Å². The number of halogens is 1. The number of aromatic nitrogens is 5. The smallest absolute Gasteiger partial charge is 0.410 e. The highest BCUT2D eigenvalue weighted by atomic mass is 35.5. The van der Waals surface area contributed by atoms with E-state index < -0.39 is 11.0 Å². The number of hydrogen-bond acceptors (Lipinski definition) is 10. The van der Waals surface area contributed by atoms with Crippen molar-refractivity contribution < 1.29 is 19.1 Å². The molecule has 1 N–H and O–H groups in total. The number of piperidine rings is 2. The standard InChI is InChI=1S/C31H40ClN9O3.C2H4O/c1-30(2,3)44-29(43)39-11-7-31(8-12-39)9-13-40(27(31)42)24-14-22(16-33-17-24)36-28-34-18-25(32)26(37-28)21-15-35-41(19-21)23-6-5-10-38(4)20-23;1-2-3/h14-19,23H,5-13,20H2,1-4H3,(H,34,36,37);2H,1H3. The number of nitrogens with zero attached hydrogens (tertiary/aromatic N) is 8. The molecule has 13 nitrogen and oxygen atoms in total. The molecule has 0 saturated carbocycles. The first-order chi connectivity index (χ1) is 22.4. The molecule has 3 fully saturated rings. The molecule has 6 heterocycles. The molecule has 6 rings (SSSR count). The number of ether oxygens (including phenoxy) is 1. The number of carbonyl (C=O) groups excluding carboxylic acids is 3. The Morgan fingerprint density at radius 1 is 1.11 bits per heavy atom. The molecule has 0 bridgehead atoms. The van der Waals surface area contributed by atoms with E-state index in [1.165, 1.54) is 6.92 Å². The van der Waals surface area contributed by atoms with Crippen LogP contribution in [0.4, 0.5) is 22.1 Å². The third kappa shape index (κ3) is 8.07. The zero-order chi connectivity index (χ0) is 33.8. The molecule has 3 aromatic heterocycles. The van der Waals surface area contributed by atoms with Gasteiger partial charge in [-0.05, 0) is 79.5 Å². The molecule has 252 valence electrons. The predicted molar refractivity (Wildman–Crippen MR) is 180 cm³/mol. The van der Waals surface area contributed by atoms with Gasteiger partial charge in [0.05, 0.1) is 58.3 Å². The molecule has 3 saturated heterocycles. The maximum absolute atomic E-state index is 13.7. The molecule has 0 aromatic carbocycles. The second kappa shape index (κ2) is 14.3. The lowest BCUT2D eigenvalue weighted by atomic mass is 9.77. The molecular weight excluding hydrogens is 622 g/mol. The van der Waals surface area contributed by atoms with Crippen LogP contribution in [0, 0.1) is 5.41 Å². The van der Waals surface area contributed by atoms with E-state index in [1.807, 2.05) is 37.7 Å². The van der Waals surface area contributed by atoms with Crippen LogP contribution in [-0.4, -0.2) is 98.2 Å². The van der Waals surface area contributed by atoms with Crippen LogP contribution in [0.5, 0.6) is 0 Å². The molecule has 3 aliphatic heterocycles. The summed E-state index contributed by atoms with van der Waals surface area (Å²) in [5.41, 5.74) is 1.76. The normalized spacial score (nSPS) is 19.7. The third-order valence-electron chi connectivity index (χ3n) is 8.77. The minimum atomic E-state index is -0.549. The molecular formula is C33H44ClN9O4. The fourth-order valence-corrected chi connectivity index (χ4v) is 6.59. The highest BCUT2D eigenvalue weighted by molar-refractivity contribution is 6.32. The number of carbonyl (C=O) groups is 3. The van der Waals surface area contributed by atoms with Gasteiger partial charge in [-0.3, -0.25) is 14.5 Å². The van der Waals surface area contributed by atoms with Gasteiger partial charge < -0.3 is 29.5 Å². The van der Waals surface area contributed by atoms with Gasteiger partial charge in [0.2, 0.25) is 11.9 Å². The van der Waals surface area contributed by atoms with Crippen LogP contribution in [0.25, 0.3) is 11.3 Å². The molecule has 1 atom stereocenters. The summed E-state index contributed by atoms with van der Waals surface area (Å²) >= 11 is 6.52. The second-order valence-corrected chi connectivity index (χ2v) is 13.8. The van der Waals surface area contributed by atoms with Crippen molar-refractivity contribution in [2.45, 2.75) is 71.4 Å². The van der Waals surface area contributed by atoms with Crippen molar-refractivity contribution in [3.05, 3.63) is 42.1 Å². The van der Waals surface area contributed by atoms with Gasteiger partial charge in [0.1, 0.15) is 11.9 Å². The van der Waals surface area contributed by atoms with Crippen LogP contribution in [0.1, 0.15) is 65.8 Å². The van der Waals surface area contributed by atoms with E-state index in [1.54, 1.807) is 34.6 Å². The average Bonchev–Trinajstić information content (AvgIpc) is 3.64. The van der Waals surface area contributed by atoms with E-state index in [0.29, 0.717) is 66.6 Å². The number of nitrogens with one attached hydrogen (secondary N) is 1. The summed E-state index contributed by atoms with van der Waals surface area (Å²) in [7, 11) is 2.13. The molecule has 3 aromatic rings. The number of likely N-dealkylation sites (N-methyl/N-ethyl adjacent to an activating group) is 1. The topological polar surface area (TPSA) is 139 Å². The maximum Gasteiger partial charge on any atom is 0.410 e. The number of pyridine rings is 1. The van der Waals surface area contributed by atoms with Crippen molar-refractivity contribution in [2.24, 2.45) is 5.41 Å². The first-order valence-corrected chi connectivity index (χ1v) is 16.5. The number of anilines is 3. The molecule has 2 amide bonds. The second-order valence-electron chi connectivity index (χ2n) is 13.4. The van der Waals surface area contributed by atoms with Crippen LogP contribution in [-0.2, 0) is 14.3 Å². The number of amides is 2. The molecule has 47 heavy (non-hydrogen) atoms. The molecule has 1 spiro atoms. The van der Waals surface area contributed by atoms with Crippen LogP contribution in [0.3, 0.4) is 0 Å². The number of rotatable bonds is 5. The van der Waals surface area contributed by atoms with Crippen molar-refractivity contribution >= 4 is 47.2 Å². The van der Waals surface area contributed by atoms with Gasteiger partial charge in [0.15, 0.2) is 0 Å². The van der Waals surface area contributed by atoms with Crippen molar-refractivity contribution in [1.29, 1.82) is 0 Å². The van der Waals surface area contributed by atoms with Gasteiger partial charge in [0.25, 0.3) is 0 Å². The number of likely N-dealkylation sites (tertiary alicyclic amines) is 2. The lowest BCUT2D eigenvalue weighted by Crippen LogP contribution is -2.48. The summed E-state index contributed by atoms with van der Waals surface area (Å²) in [4.78, 5) is 54.4. The Bertz CT molecular complexity index is 1580. The summed E-state index contributed by atoms with van der Waals surface area (Å²) in [5, 5.41) is 8.28. The van der Waals surface area contributed by atoms with Crippen molar-refractivity contribution in [3.8, 4) is 11.3 Å². The molecule has 0 aliphatic carbocycles. The first kappa shape index (κ1) is 34.2. The minimum Gasteiger partial charge on any atom is -0.444 e. The molecule has 3 aliphatic rings. The quantitative estimate of drug-likeness (QED) is 0.355. The summed E-state index contributed by atoms with van der Waals surface area (Å²) in [6.07, 6.45) is 13.4. The van der Waals surface area contributed by atoms with Crippen LogP contribution in [0.15, 0.2) is 37.1 Å². The third-order valence-corrected chi connectivity index (χ3v) is 9.05. The Morgan fingerprint density at radius 3 is 2.53 bits per heavy atom. The Morgan fingerprint density at radius 2 is 1.83 bits per heavy atom. The minimum absolute atomic E-state index is 0.0755. The van der Waals surface area contributed by atoms with E-state index >= 15 is 0 Å². The largest absolute Gasteiger partial charge is 0.444 e. The van der Waals surface area contributed by atoms with Gasteiger partial charge >= 0.3 is 6.09 Å². The van der Waals surface area contributed by atoms with Crippen LogP contribution in [0.2, 0.25) is 5.02 Å². The summed E-state index contributed by atoms with van der Waals surface area (Å²) in [6.45, 7) is 10.7. The predicted octanol–water partition coefficient (Wildman–Crippen LogP) is 5.36. The highest BCUT2D eigenvalue weighted by Crippen LogP contribution is 2.43. The number of aldehydes is 1. The van der Waals surface area contributed by atoms with Gasteiger partial charge in [-0.2, -0.15) is 5.10 Å². The zero-order valence-electron chi connectivity index (χ0n) is 27.8. The van der Waals surface area contributed by atoms with E-state index in [4.69, 9.17) is 26.1 Å². The monoisotopic (exact) mass is 665 g/mol. The van der Waals surface area contributed by atoms with Crippen LogP contribution >= 0.6 is 11.6 Å². The average molecular weight is 666 g/mol. The Labute approximate surface area is 280 Å². The fourth-order valence-electron chi connectivity index (χ4n) is 6.39. The summed E-state index contributed by atoms with van der Waals surface area (Å²) in [5.74, 6) is 0.443. The Balaban J connectivity index is 0.00000139. The van der Waals surface area contributed by atoms with Crippen molar-refractivity contribution in [3.63, 3.8) is 0 Å². The molecule has 0 radical (unpaired) electrons. The van der Waals surface area contributed by atoms with Gasteiger partial charge in [-0.15, -0.1) is 0 Å². The van der Waals surface area contributed by atoms with Gasteiger partial charge in [0, 0.05) is 37.9 Å². The Hall–Kier alpha value is -4.10. The van der Waals surface area contributed by atoms with E-state index in [0.717, 1.165) is 44.2 Å². The van der Waals surface area contributed by atoms with E-state index in [9.17, 15) is 9.59 Å². The lowest BCUT2D eigenvalue weighted by Gasteiger charge is -2.38. The molecule has 1 unspecified atom stereocenters. The zero-order valence-corrected chi connectivity index (χ0v) is 28.5. The first-order valence-electron chi connectivity index (χ1n) is 16.1. The fraction of sp³-hybridized carbons (Fsp3) is 0.545. The summed E-state index contributed by atoms with van der Waals surface area (Å²) < 4.78 is 7.53. The lowest BCUT2D eigenvalue weighted by molar-refractivity contribution is -0.128. The molecule has 14 heteroatoms. The Kier molecular flexibility index (Phi) is 10.5. The van der Waals surface area contributed by atoms with Gasteiger partial charge in [-0.25, -0.2) is 14.8 Å². The summed E-state index contributed by atoms with van der Waals surface area (Å²) in [6, 6.07) is 2.20. The van der Waals surface area contributed by atoms with Crippen molar-refractivity contribution in [2.75, 3.05) is 50.0 Å². The number of hydrogen-bond donors (Lipinski definition) is 1. The van der Waals surface area contributed by atoms with E-state index in [2.05, 4.69) is 32.3 Å². The van der Waals surface area contributed by atoms with E-state index in [-0.39, 0.29) is 12.0 Å². The SMILES string of the molecule is CC=O.CN1CCCC(n2cc(-c3nc(Nc4cncc(N5CCC6(CCN(C(=O)OC(C)(C)C)CC6)C5=O)c4)ncc3Cl)cn2)C1.